The van der Waals surface area contributed by atoms with Crippen LogP contribution < -0.4 is 5.56 Å². The fourth-order valence-electron chi connectivity index (χ4n) is 3.56. The van der Waals surface area contributed by atoms with E-state index in [0.717, 1.165) is 25.7 Å². The van der Waals surface area contributed by atoms with Crippen molar-refractivity contribution >= 4 is 17.5 Å². The Bertz CT molecular complexity index is 811. The third kappa shape index (κ3) is 3.71. The van der Waals surface area contributed by atoms with Crippen LogP contribution in [0.1, 0.15) is 47.5 Å². The minimum absolute atomic E-state index is 0.0346. The number of carbonyl (C=O) groups is 1. The lowest BCUT2D eigenvalue weighted by Gasteiger charge is -2.35. The molecule has 25 heavy (non-hydrogen) atoms. The van der Waals surface area contributed by atoms with E-state index in [1.165, 1.54) is 11.6 Å². The van der Waals surface area contributed by atoms with Crippen molar-refractivity contribution in [1.82, 2.24) is 9.88 Å². The van der Waals surface area contributed by atoms with Crippen LogP contribution >= 0.6 is 11.6 Å². The van der Waals surface area contributed by atoms with Gasteiger partial charge in [0, 0.05) is 13.1 Å². The van der Waals surface area contributed by atoms with Gasteiger partial charge in [0.1, 0.15) is 5.15 Å². The molecule has 0 saturated heterocycles. The molecule has 1 saturated carbocycles. The number of rotatable bonds is 3. The number of aromatic amines is 1. The second-order valence-corrected chi connectivity index (χ2v) is 6.95. The molecule has 1 aromatic heterocycles. The molecule has 0 atom stereocenters. The molecule has 1 aliphatic rings. The van der Waals surface area contributed by atoms with E-state index >= 15 is 0 Å². The Kier molecular flexibility index (Phi) is 5.13. The number of H-pyrrole nitrogens is 1. The van der Waals surface area contributed by atoms with Crippen LogP contribution in [0.3, 0.4) is 0 Å². The Morgan fingerprint density at radius 3 is 2.48 bits per heavy atom. The Labute approximate surface area is 151 Å². The molecule has 0 unspecified atom stereocenters. The molecule has 3 rings (SSSR count). The van der Waals surface area contributed by atoms with Gasteiger partial charge in [-0.2, -0.15) is 0 Å². The number of amides is 1. The molecule has 0 aliphatic heterocycles. The molecular weight excluding hydrogens is 340 g/mol. The molecular formula is C19H21ClN2O3. The maximum absolute atomic E-state index is 12.7. The summed E-state index contributed by atoms with van der Waals surface area (Å²) in [5, 5.41) is 9.92. The average molecular weight is 361 g/mol. The van der Waals surface area contributed by atoms with Crippen LogP contribution in [-0.2, 0) is 0 Å². The molecule has 0 radical (unpaired) electrons. The third-order valence-corrected chi connectivity index (χ3v) is 5.24. The number of nitrogens with one attached hydrogen (secondary N) is 1. The molecule has 2 aromatic rings. The molecule has 2 N–H and O–H groups in total. The molecule has 1 aliphatic carbocycles. The van der Waals surface area contributed by atoms with Crippen LogP contribution in [0.2, 0.25) is 5.15 Å². The van der Waals surface area contributed by atoms with Gasteiger partial charge in [0.25, 0.3) is 11.5 Å². The van der Waals surface area contributed by atoms with Gasteiger partial charge in [-0.15, -0.1) is 0 Å². The summed E-state index contributed by atoms with van der Waals surface area (Å²) in [6.45, 7) is 0. The smallest absolute Gasteiger partial charge is 0.292 e. The lowest BCUT2D eigenvalue weighted by molar-refractivity contribution is 0.0686. The van der Waals surface area contributed by atoms with Gasteiger partial charge in [-0.3, -0.25) is 9.59 Å². The minimum atomic E-state index is -0.753. The van der Waals surface area contributed by atoms with Crippen molar-refractivity contribution in [2.24, 2.45) is 0 Å². The van der Waals surface area contributed by atoms with Crippen molar-refractivity contribution in [3.8, 4) is 5.75 Å². The van der Waals surface area contributed by atoms with Gasteiger partial charge < -0.3 is 15.0 Å². The van der Waals surface area contributed by atoms with E-state index in [1.807, 2.05) is 6.07 Å². The standard InChI is InChI=1S/C19H21ClN2O3/c1-22(19(25)15-11-16(20)21-18(24)17(15)23)14-9-7-13(8-10-14)12-5-3-2-4-6-12/h2-6,11,13-14,23H,7-10H2,1H3,(H,21,24). The second-order valence-electron chi connectivity index (χ2n) is 6.54. The molecule has 132 valence electrons. The van der Waals surface area contributed by atoms with Gasteiger partial charge in [-0.1, -0.05) is 41.9 Å². The summed E-state index contributed by atoms with van der Waals surface area (Å²) in [6.07, 6.45) is 3.79. The minimum Gasteiger partial charge on any atom is -0.502 e. The summed E-state index contributed by atoms with van der Waals surface area (Å²) in [5.74, 6) is -0.448. The monoisotopic (exact) mass is 360 g/mol. The first kappa shape index (κ1) is 17.5. The lowest BCUT2D eigenvalue weighted by Crippen LogP contribution is -2.39. The molecule has 1 heterocycles. The Hall–Kier alpha value is -2.27. The van der Waals surface area contributed by atoms with Crippen molar-refractivity contribution < 1.29 is 9.90 Å². The molecule has 5 nitrogen and oxygen atoms in total. The van der Waals surface area contributed by atoms with E-state index < -0.39 is 11.3 Å². The first-order valence-electron chi connectivity index (χ1n) is 8.41. The highest BCUT2D eigenvalue weighted by Gasteiger charge is 2.29. The van der Waals surface area contributed by atoms with Crippen LogP contribution in [0.25, 0.3) is 0 Å². The topological polar surface area (TPSA) is 73.4 Å². The normalized spacial score (nSPS) is 20.2. The highest BCUT2D eigenvalue weighted by atomic mass is 35.5. The zero-order valence-corrected chi connectivity index (χ0v) is 14.8. The fourth-order valence-corrected chi connectivity index (χ4v) is 3.76. The Morgan fingerprint density at radius 1 is 1.20 bits per heavy atom. The van der Waals surface area contributed by atoms with E-state index in [9.17, 15) is 14.7 Å². The Balaban J connectivity index is 1.69. The van der Waals surface area contributed by atoms with Gasteiger partial charge in [-0.05, 0) is 43.2 Å². The van der Waals surface area contributed by atoms with Gasteiger partial charge in [-0.25, -0.2) is 0 Å². The van der Waals surface area contributed by atoms with Crippen LogP contribution in [0.5, 0.6) is 5.75 Å². The van der Waals surface area contributed by atoms with Crippen molar-refractivity contribution in [1.29, 1.82) is 0 Å². The number of carbonyl (C=O) groups excluding carboxylic acids is 1. The summed E-state index contributed by atoms with van der Waals surface area (Å²) in [5.41, 5.74) is 0.535. The highest BCUT2D eigenvalue weighted by Crippen LogP contribution is 2.35. The number of hydrogen-bond acceptors (Lipinski definition) is 3. The summed E-state index contributed by atoms with van der Waals surface area (Å²) < 4.78 is 0. The predicted octanol–water partition coefficient (Wildman–Crippen LogP) is 3.53. The number of nitrogens with zero attached hydrogens (tertiary/aromatic N) is 1. The quantitative estimate of drug-likeness (QED) is 0.822. The predicted molar refractivity (Wildman–Crippen MR) is 97.3 cm³/mol. The van der Waals surface area contributed by atoms with E-state index in [-0.39, 0.29) is 22.7 Å². The van der Waals surface area contributed by atoms with Crippen molar-refractivity contribution in [2.75, 3.05) is 7.05 Å². The number of pyridine rings is 1. The maximum atomic E-state index is 12.7. The molecule has 0 spiro atoms. The lowest BCUT2D eigenvalue weighted by atomic mass is 9.81. The maximum Gasteiger partial charge on any atom is 0.292 e. The number of hydrogen-bond donors (Lipinski definition) is 2. The van der Waals surface area contributed by atoms with Gasteiger partial charge in [0.15, 0.2) is 5.75 Å². The van der Waals surface area contributed by atoms with Crippen LogP contribution in [-0.4, -0.2) is 34.0 Å². The first-order valence-corrected chi connectivity index (χ1v) is 8.79. The summed E-state index contributed by atoms with van der Waals surface area (Å²) in [6, 6.07) is 11.8. The molecule has 1 aromatic carbocycles. The number of aromatic nitrogens is 1. The van der Waals surface area contributed by atoms with Gasteiger partial charge in [0.2, 0.25) is 0 Å². The Morgan fingerprint density at radius 2 is 1.84 bits per heavy atom. The summed E-state index contributed by atoms with van der Waals surface area (Å²) in [7, 11) is 1.71. The van der Waals surface area contributed by atoms with Crippen LogP contribution in [0.15, 0.2) is 41.2 Å². The van der Waals surface area contributed by atoms with Crippen molar-refractivity contribution in [2.45, 2.75) is 37.6 Å². The highest BCUT2D eigenvalue weighted by molar-refractivity contribution is 6.29. The average Bonchev–Trinajstić information content (AvgIpc) is 2.64. The number of halogens is 1. The molecule has 0 bridgehead atoms. The first-order chi connectivity index (χ1) is 12.0. The van der Waals surface area contributed by atoms with Crippen LogP contribution in [0, 0.1) is 0 Å². The van der Waals surface area contributed by atoms with E-state index in [1.54, 1.807) is 11.9 Å². The largest absolute Gasteiger partial charge is 0.502 e. The molecule has 1 fully saturated rings. The van der Waals surface area contributed by atoms with E-state index in [4.69, 9.17) is 11.6 Å². The number of benzene rings is 1. The van der Waals surface area contributed by atoms with Crippen LogP contribution in [0.4, 0.5) is 0 Å². The fraction of sp³-hybridized carbons (Fsp3) is 0.368. The van der Waals surface area contributed by atoms with E-state index in [2.05, 4.69) is 29.2 Å². The molecule has 1 amide bonds. The van der Waals surface area contributed by atoms with Crippen molar-refractivity contribution in [3.63, 3.8) is 0 Å². The summed E-state index contributed by atoms with van der Waals surface area (Å²) >= 11 is 5.81. The third-order valence-electron chi connectivity index (χ3n) is 5.04. The zero-order valence-electron chi connectivity index (χ0n) is 14.0. The summed E-state index contributed by atoms with van der Waals surface area (Å²) in [4.78, 5) is 28.2. The SMILES string of the molecule is CN(C(=O)c1cc(Cl)[nH]c(=O)c1O)C1CCC(c2ccccc2)CC1. The van der Waals surface area contributed by atoms with Gasteiger partial charge in [0.05, 0.1) is 5.56 Å². The number of aromatic hydroxyl groups is 1. The van der Waals surface area contributed by atoms with Gasteiger partial charge >= 0.3 is 0 Å². The van der Waals surface area contributed by atoms with E-state index in [0.29, 0.717) is 5.92 Å². The van der Waals surface area contributed by atoms with Crippen molar-refractivity contribution in [3.05, 3.63) is 63.0 Å². The zero-order chi connectivity index (χ0) is 18.0. The second kappa shape index (κ2) is 7.31. The molecule has 6 heteroatoms.